The van der Waals surface area contributed by atoms with E-state index in [1.165, 1.54) is 6.33 Å². The molecule has 5 heteroatoms. The zero-order valence-electron chi connectivity index (χ0n) is 8.89. The number of aromatic nitrogens is 3. The van der Waals surface area contributed by atoms with Crippen molar-refractivity contribution in [2.75, 3.05) is 13.1 Å². The van der Waals surface area contributed by atoms with Crippen molar-refractivity contribution >= 4 is 0 Å². The average Bonchev–Trinajstić information content (AvgIpc) is 2.71. The number of piperidine rings is 1. The summed E-state index contributed by atoms with van der Waals surface area (Å²) in [6, 6.07) is 0. The first-order chi connectivity index (χ1) is 7.29. The predicted octanol–water partition coefficient (Wildman–Crippen LogP) is 0.173. The summed E-state index contributed by atoms with van der Waals surface area (Å²) < 4.78 is 1.81. The van der Waals surface area contributed by atoms with Crippen molar-refractivity contribution < 1.29 is 5.11 Å². The zero-order valence-corrected chi connectivity index (χ0v) is 8.89. The maximum absolute atomic E-state index is 10.2. The normalized spacial score (nSPS) is 26.7. The molecule has 0 aliphatic carbocycles. The van der Waals surface area contributed by atoms with E-state index in [4.69, 9.17) is 0 Å². The van der Waals surface area contributed by atoms with E-state index in [-0.39, 0.29) is 0 Å². The number of hydrogen-bond acceptors (Lipinski definition) is 4. The molecule has 0 spiro atoms. The van der Waals surface area contributed by atoms with E-state index in [2.05, 4.69) is 15.4 Å². The third-order valence-electron chi connectivity index (χ3n) is 2.95. The molecule has 0 aromatic carbocycles. The third-order valence-corrected chi connectivity index (χ3v) is 2.95. The molecular formula is C10H18N4O. The zero-order chi connectivity index (χ0) is 10.6. The molecular weight excluding hydrogens is 192 g/mol. The summed E-state index contributed by atoms with van der Waals surface area (Å²) in [7, 11) is 0. The van der Waals surface area contributed by atoms with Gasteiger partial charge < -0.3 is 10.4 Å². The molecule has 2 N–H and O–H groups in total. The maximum Gasteiger partial charge on any atom is 0.137 e. The molecule has 0 amide bonds. The Kier molecular flexibility index (Phi) is 3.33. The minimum Gasteiger partial charge on any atom is -0.389 e. The summed E-state index contributed by atoms with van der Waals surface area (Å²) in [5.41, 5.74) is -0.501. The van der Waals surface area contributed by atoms with Gasteiger partial charge >= 0.3 is 0 Å². The van der Waals surface area contributed by atoms with Crippen LogP contribution in [0.2, 0.25) is 0 Å². The molecule has 1 aromatic rings. The van der Waals surface area contributed by atoms with E-state index in [1.54, 1.807) is 11.0 Å². The largest absolute Gasteiger partial charge is 0.389 e. The van der Waals surface area contributed by atoms with E-state index in [1.807, 2.05) is 0 Å². The number of nitrogens with zero attached hydrogens (tertiary/aromatic N) is 3. The van der Waals surface area contributed by atoms with E-state index in [9.17, 15) is 5.11 Å². The molecule has 1 atom stereocenters. The van der Waals surface area contributed by atoms with Gasteiger partial charge in [-0.3, -0.25) is 4.68 Å². The van der Waals surface area contributed by atoms with Crippen molar-refractivity contribution in [3.8, 4) is 0 Å². The monoisotopic (exact) mass is 210 g/mol. The number of nitrogens with one attached hydrogen (secondary N) is 1. The van der Waals surface area contributed by atoms with Crippen LogP contribution in [0.15, 0.2) is 12.7 Å². The van der Waals surface area contributed by atoms with Gasteiger partial charge in [-0.2, -0.15) is 5.10 Å². The molecule has 0 radical (unpaired) electrons. The van der Waals surface area contributed by atoms with Crippen LogP contribution in [-0.4, -0.2) is 38.6 Å². The Balaban J connectivity index is 1.72. The lowest BCUT2D eigenvalue weighted by atomic mass is 9.89. The van der Waals surface area contributed by atoms with Gasteiger partial charge in [-0.15, -0.1) is 0 Å². The van der Waals surface area contributed by atoms with Gasteiger partial charge in [0, 0.05) is 13.1 Å². The van der Waals surface area contributed by atoms with Crippen LogP contribution in [0, 0.1) is 0 Å². The summed E-state index contributed by atoms with van der Waals surface area (Å²) in [5.74, 6) is 0. The molecule has 84 valence electrons. The molecule has 1 aliphatic heterocycles. The first-order valence-electron chi connectivity index (χ1n) is 5.54. The Labute approximate surface area is 89.5 Å². The quantitative estimate of drug-likeness (QED) is 0.744. The number of rotatable bonds is 4. The fraction of sp³-hybridized carbons (Fsp3) is 0.800. The molecule has 1 fully saturated rings. The minimum absolute atomic E-state index is 0.501. The van der Waals surface area contributed by atoms with Gasteiger partial charge in [-0.25, -0.2) is 4.98 Å². The van der Waals surface area contributed by atoms with E-state index in [0.29, 0.717) is 0 Å². The van der Waals surface area contributed by atoms with Crippen molar-refractivity contribution in [2.45, 2.75) is 37.8 Å². The van der Waals surface area contributed by atoms with Crippen molar-refractivity contribution in [3.63, 3.8) is 0 Å². The first kappa shape index (κ1) is 10.6. The first-order valence-corrected chi connectivity index (χ1v) is 5.54. The Hall–Kier alpha value is -0.940. The van der Waals surface area contributed by atoms with E-state index in [0.717, 1.165) is 45.3 Å². The van der Waals surface area contributed by atoms with Crippen molar-refractivity contribution in [3.05, 3.63) is 12.7 Å². The van der Waals surface area contributed by atoms with Crippen molar-refractivity contribution in [1.29, 1.82) is 0 Å². The van der Waals surface area contributed by atoms with Gasteiger partial charge in [-0.05, 0) is 32.2 Å². The molecule has 1 saturated heterocycles. The number of aryl methyl sites for hydroxylation is 1. The summed E-state index contributed by atoms with van der Waals surface area (Å²) in [6.45, 7) is 2.60. The van der Waals surface area contributed by atoms with Crippen LogP contribution >= 0.6 is 0 Å². The number of hydrogen-bond donors (Lipinski definition) is 2. The highest BCUT2D eigenvalue weighted by Gasteiger charge is 2.28. The van der Waals surface area contributed by atoms with Crippen LogP contribution in [0.25, 0.3) is 0 Å². The second-order valence-corrected chi connectivity index (χ2v) is 4.27. The molecule has 5 nitrogen and oxygen atoms in total. The lowest BCUT2D eigenvalue weighted by Crippen LogP contribution is -2.45. The molecule has 1 aromatic heterocycles. The maximum atomic E-state index is 10.2. The second kappa shape index (κ2) is 4.72. The van der Waals surface area contributed by atoms with Gasteiger partial charge in [0.1, 0.15) is 12.7 Å². The van der Waals surface area contributed by atoms with Crippen molar-refractivity contribution in [1.82, 2.24) is 20.1 Å². The lowest BCUT2D eigenvalue weighted by molar-refractivity contribution is 0.00577. The second-order valence-electron chi connectivity index (χ2n) is 4.27. The van der Waals surface area contributed by atoms with Crippen LogP contribution < -0.4 is 5.32 Å². The summed E-state index contributed by atoms with van der Waals surface area (Å²) in [6.07, 6.45) is 7.01. The molecule has 2 rings (SSSR count). The van der Waals surface area contributed by atoms with Crippen LogP contribution in [0.4, 0.5) is 0 Å². The van der Waals surface area contributed by atoms with Crippen molar-refractivity contribution in [2.24, 2.45) is 0 Å². The lowest BCUT2D eigenvalue weighted by Gasteiger charge is -2.32. The Morgan fingerprint density at radius 1 is 1.53 bits per heavy atom. The smallest absolute Gasteiger partial charge is 0.137 e. The minimum atomic E-state index is -0.501. The number of β-amino-alcohol motifs (C(OH)–C–C–N with tert-alkyl or cyclic N) is 1. The van der Waals surface area contributed by atoms with E-state index < -0.39 is 5.60 Å². The van der Waals surface area contributed by atoms with Crippen LogP contribution in [-0.2, 0) is 6.54 Å². The van der Waals surface area contributed by atoms with Gasteiger partial charge in [0.2, 0.25) is 0 Å². The molecule has 2 heterocycles. The van der Waals surface area contributed by atoms with Gasteiger partial charge in [0.05, 0.1) is 5.60 Å². The third kappa shape index (κ3) is 3.00. The molecule has 0 saturated carbocycles. The summed E-state index contributed by atoms with van der Waals surface area (Å²) in [4.78, 5) is 3.88. The Morgan fingerprint density at radius 2 is 2.47 bits per heavy atom. The van der Waals surface area contributed by atoms with Crippen LogP contribution in [0.3, 0.4) is 0 Å². The van der Waals surface area contributed by atoms with Crippen LogP contribution in [0.1, 0.15) is 25.7 Å². The Bertz CT molecular complexity index is 280. The standard InChI is InChI=1S/C10H18N4O/c15-10(3-1-5-11-7-10)4-2-6-14-9-12-8-13-14/h8-9,11,15H,1-7H2. The fourth-order valence-electron chi connectivity index (χ4n) is 2.08. The fourth-order valence-corrected chi connectivity index (χ4v) is 2.08. The van der Waals surface area contributed by atoms with Gasteiger partial charge in [-0.1, -0.05) is 0 Å². The molecule has 0 bridgehead atoms. The Morgan fingerprint density at radius 3 is 3.13 bits per heavy atom. The predicted molar refractivity (Wildman–Crippen MR) is 56.3 cm³/mol. The van der Waals surface area contributed by atoms with E-state index >= 15 is 0 Å². The average molecular weight is 210 g/mol. The van der Waals surface area contributed by atoms with Crippen LogP contribution in [0.5, 0.6) is 0 Å². The highest BCUT2D eigenvalue weighted by atomic mass is 16.3. The molecule has 1 aliphatic rings. The topological polar surface area (TPSA) is 63.0 Å². The highest BCUT2D eigenvalue weighted by molar-refractivity contribution is 4.84. The van der Waals surface area contributed by atoms with Gasteiger partial charge in [0.15, 0.2) is 0 Å². The number of aliphatic hydroxyl groups is 1. The highest BCUT2D eigenvalue weighted by Crippen LogP contribution is 2.21. The van der Waals surface area contributed by atoms with Gasteiger partial charge in [0.25, 0.3) is 0 Å². The molecule has 1 unspecified atom stereocenters. The summed E-state index contributed by atoms with van der Waals surface area (Å²) in [5, 5.41) is 17.5. The SMILES string of the molecule is OC1(CCCn2cncn2)CCCNC1. The molecule has 15 heavy (non-hydrogen) atoms. The summed E-state index contributed by atoms with van der Waals surface area (Å²) >= 11 is 0.